The summed E-state index contributed by atoms with van der Waals surface area (Å²) in [4.78, 5) is 15.6. The molecule has 0 radical (unpaired) electrons. The second-order valence-electron chi connectivity index (χ2n) is 6.32. The fourth-order valence-electron chi connectivity index (χ4n) is 3.48. The van der Waals surface area contributed by atoms with E-state index in [1.165, 1.54) is 6.07 Å². The van der Waals surface area contributed by atoms with Gasteiger partial charge in [-0.3, -0.25) is 4.79 Å². The van der Waals surface area contributed by atoms with Gasteiger partial charge in [0.25, 0.3) is 5.91 Å². The van der Waals surface area contributed by atoms with Crippen LogP contribution in [-0.2, 0) is 11.2 Å². The van der Waals surface area contributed by atoms with Crippen LogP contribution in [0, 0.1) is 5.82 Å². The monoisotopic (exact) mass is 338 g/mol. The molecule has 0 unspecified atom stereocenters. The minimum atomic E-state index is -0.239. The average Bonchev–Trinajstić information content (AvgIpc) is 3.00. The van der Waals surface area contributed by atoms with E-state index in [0.29, 0.717) is 5.75 Å². The van der Waals surface area contributed by atoms with Gasteiger partial charge in [-0.2, -0.15) is 0 Å². The van der Waals surface area contributed by atoms with E-state index >= 15 is 0 Å². The van der Waals surface area contributed by atoms with Gasteiger partial charge in [0.05, 0.1) is 6.04 Å². The number of hydrogen-bond donors (Lipinski definition) is 2. The van der Waals surface area contributed by atoms with Gasteiger partial charge < -0.3 is 15.0 Å². The number of hydrogen-bond acceptors (Lipinski definition) is 2. The van der Waals surface area contributed by atoms with Crippen molar-refractivity contribution in [2.45, 2.75) is 25.3 Å². The third-order valence-corrected chi connectivity index (χ3v) is 4.62. The lowest BCUT2D eigenvalue weighted by Gasteiger charge is -2.23. The number of benzene rings is 2. The molecule has 1 aliphatic carbocycles. The number of aromatic amines is 1. The highest BCUT2D eigenvalue weighted by molar-refractivity contribution is 5.86. The predicted molar refractivity (Wildman–Crippen MR) is 94.0 cm³/mol. The first-order valence-electron chi connectivity index (χ1n) is 8.48. The Morgan fingerprint density at radius 2 is 2.08 bits per heavy atom. The molecule has 0 bridgehead atoms. The Kier molecular flexibility index (Phi) is 4.14. The van der Waals surface area contributed by atoms with Gasteiger partial charge in [-0.05, 0) is 55.2 Å². The lowest BCUT2D eigenvalue weighted by Crippen LogP contribution is -2.34. The summed E-state index contributed by atoms with van der Waals surface area (Å²) in [6.45, 7) is -0.0231. The number of rotatable bonds is 4. The van der Waals surface area contributed by atoms with Crippen LogP contribution in [-0.4, -0.2) is 17.5 Å². The van der Waals surface area contributed by atoms with Gasteiger partial charge in [0, 0.05) is 16.6 Å². The van der Waals surface area contributed by atoms with Crippen LogP contribution in [0.15, 0.2) is 48.5 Å². The van der Waals surface area contributed by atoms with E-state index in [1.807, 2.05) is 30.3 Å². The van der Waals surface area contributed by atoms with E-state index in [-0.39, 0.29) is 24.4 Å². The Bertz CT molecular complexity index is 905. The Morgan fingerprint density at radius 3 is 2.92 bits per heavy atom. The van der Waals surface area contributed by atoms with Gasteiger partial charge in [-0.25, -0.2) is 4.39 Å². The van der Waals surface area contributed by atoms with Crippen molar-refractivity contribution < 1.29 is 13.9 Å². The molecule has 1 aliphatic rings. The first kappa shape index (κ1) is 15.7. The molecule has 128 valence electrons. The molecule has 3 aromatic rings. The van der Waals surface area contributed by atoms with Crippen LogP contribution in [0.1, 0.15) is 30.1 Å². The molecule has 0 fully saturated rings. The van der Waals surface area contributed by atoms with Crippen LogP contribution < -0.4 is 10.1 Å². The van der Waals surface area contributed by atoms with Gasteiger partial charge in [0.1, 0.15) is 11.6 Å². The van der Waals surface area contributed by atoms with Gasteiger partial charge >= 0.3 is 0 Å². The average molecular weight is 338 g/mol. The molecule has 0 spiro atoms. The number of carbonyl (C=O) groups is 1. The number of carbonyl (C=O) groups excluding carboxylic acids is 1. The van der Waals surface area contributed by atoms with Crippen LogP contribution >= 0.6 is 0 Å². The summed E-state index contributed by atoms with van der Waals surface area (Å²) in [5, 5.41) is 3.94. The minimum absolute atomic E-state index is 0.0231. The number of halogens is 1. The summed E-state index contributed by atoms with van der Waals surface area (Å²) in [7, 11) is 0. The van der Waals surface area contributed by atoms with Crippen molar-refractivity contribution in [1.82, 2.24) is 10.3 Å². The van der Waals surface area contributed by atoms with Crippen molar-refractivity contribution in [2.75, 3.05) is 6.61 Å². The molecule has 2 aromatic carbocycles. The number of ether oxygens (including phenoxy) is 1. The molecule has 25 heavy (non-hydrogen) atoms. The molecule has 0 aliphatic heterocycles. The van der Waals surface area contributed by atoms with E-state index in [2.05, 4.69) is 10.3 Å². The number of H-pyrrole nitrogens is 1. The molecular weight excluding hydrogens is 319 g/mol. The number of aromatic nitrogens is 1. The Morgan fingerprint density at radius 1 is 1.24 bits per heavy atom. The highest BCUT2D eigenvalue weighted by Crippen LogP contribution is 2.34. The summed E-state index contributed by atoms with van der Waals surface area (Å²) in [6, 6.07) is 13.9. The molecule has 4 rings (SSSR count). The summed E-state index contributed by atoms with van der Waals surface area (Å²) in [6.07, 6.45) is 2.71. The summed E-state index contributed by atoms with van der Waals surface area (Å²) in [5.74, 6) is 0.270. The van der Waals surface area contributed by atoms with E-state index < -0.39 is 0 Å². The van der Waals surface area contributed by atoms with E-state index in [1.54, 1.807) is 12.1 Å². The number of aryl methyl sites for hydroxylation is 1. The van der Waals surface area contributed by atoms with Crippen molar-refractivity contribution >= 4 is 16.8 Å². The van der Waals surface area contributed by atoms with Crippen LogP contribution in [0.2, 0.25) is 0 Å². The fourth-order valence-corrected chi connectivity index (χ4v) is 3.48. The van der Waals surface area contributed by atoms with Crippen LogP contribution in [0.3, 0.4) is 0 Å². The topological polar surface area (TPSA) is 54.1 Å². The van der Waals surface area contributed by atoms with Crippen molar-refractivity contribution in [3.63, 3.8) is 0 Å². The first-order valence-corrected chi connectivity index (χ1v) is 8.48. The van der Waals surface area contributed by atoms with Crippen molar-refractivity contribution in [2.24, 2.45) is 0 Å². The molecular formula is C20H19FN2O2. The SMILES string of the molecule is O=C(COc1ccccc1)N[C@H]1CCCc2c1[nH]c1ccc(F)cc21. The third kappa shape index (κ3) is 3.22. The zero-order chi connectivity index (χ0) is 17.2. The van der Waals surface area contributed by atoms with Crippen LogP contribution in [0.25, 0.3) is 10.9 Å². The van der Waals surface area contributed by atoms with Crippen LogP contribution in [0.5, 0.6) is 5.75 Å². The van der Waals surface area contributed by atoms with E-state index in [9.17, 15) is 9.18 Å². The summed E-state index contributed by atoms with van der Waals surface area (Å²) in [5.41, 5.74) is 3.00. The fraction of sp³-hybridized carbons (Fsp3) is 0.250. The number of nitrogens with one attached hydrogen (secondary N) is 2. The maximum Gasteiger partial charge on any atom is 0.258 e. The Hall–Kier alpha value is -2.82. The van der Waals surface area contributed by atoms with Crippen LogP contribution in [0.4, 0.5) is 4.39 Å². The smallest absolute Gasteiger partial charge is 0.258 e. The Balaban J connectivity index is 1.49. The summed E-state index contributed by atoms with van der Waals surface area (Å²) < 4.78 is 19.1. The molecule has 1 amide bonds. The number of fused-ring (bicyclic) bond motifs is 3. The largest absolute Gasteiger partial charge is 0.484 e. The van der Waals surface area contributed by atoms with Gasteiger partial charge in [-0.15, -0.1) is 0 Å². The molecule has 0 saturated heterocycles. The van der Waals surface area contributed by atoms with E-state index in [0.717, 1.165) is 41.4 Å². The van der Waals surface area contributed by atoms with Crippen molar-refractivity contribution in [3.05, 3.63) is 65.6 Å². The minimum Gasteiger partial charge on any atom is -0.484 e. The lowest BCUT2D eigenvalue weighted by molar-refractivity contribution is -0.124. The highest BCUT2D eigenvalue weighted by Gasteiger charge is 2.25. The van der Waals surface area contributed by atoms with Gasteiger partial charge in [-0.1, -0.05) is 18.2 Å². The lowest BCUT2D eigenvalue weighted by atomic mass is 9.91. The molecule has 5 heteroatoms. The zero-order valence-electron chi connectivity index (χ0n) is 13.7. The summed E-state index contributed by atoms with van der Waals surface area (Å²) >= 11 is 0. The Labute approximate surface area is 145 Å². The van der Waals surface area contributed by atoms with Crippen molar-refractivity contribution in [1.29, 1.82) is 0 Å². The second kappa shape index (κ2) is 6.59. The number of amides is 1. The highest BCUT2D eigenvalue weighted by atomic mass is 19.1. The van der Waals surface area contributed by atoms with Crippen molar-refractivity contribution in [3.8, 4) is 5.75 Å². The molecule has 1 aromatic heterocycles. The van der Waals surface area contributed by atoms with Gasteiger partial charge in [0.2, 0.25) is 0 Å². The normalized spacial score (nSPS) is 16.4. The first-order chi connectivity index (χ1) is 12.2. The molecule has 1 atom stereocenters. The zero-order valence-corrected chi connectivity index (χ0v) is 13.7. The van der Waals surface area contributed by atoms with E-state index in [4.69, 9.17) is 4.74 Å². The second-order valence-corrected chi connectivity index (χ2v) is 6.32. The molecule has 2 N–H and O–H groups in total. The maximum atomic E-state index is 13.6. The molecule has 4 nitrogen and oxygen atoms in total. The third-order valence-electron chi connectivity index (χ3n) is 4.62. The molecule has 1 heterocycles. The standard InChI is InChI=1S/C20H19FN2O2/c21-13-9-10-17-16(11-13)15-7-4-8-18(20(15)23-17)22-19(24)12-25-14-5-2-1-3-6-14/h1-3,5-6,9-11,18,23H,4,7-8,12H2,(H,22,24)/t18-/m0/s1. The number of para-hydroxylation sites is 1. The maximum absolute atomic E-state index is 13.6. The molecule has 0 saturated carbocycles. The van der Waals surface area contributed by atoms with Gasteiger partial charge in [0.15, 0.2) is 6.61 Å². The predicted octanol–water partition coefficient (Wildman–Crippen LogP) is 3.88. The quantitative estimate of drug-likeness (QED) is 0.758.